The molecule has 2 atom stereocenters. The van der Waals surface area contributed by atoms with Crippen LogP contribution in [0, 0.1) is 23.5 Å². The number of nitrogens with one attached hydrogen (secondary N) is 1. The molecule has 2 unspecified atom stereocenters. The molecule has 0 saturated heterocycles. The van der Waals surface area contributed by atoms with Crippen LogP contribution >= 0.6 is 0 Å². The summed E-state index contributed by atoms with van der Waals surface area (Å²) in [6.07, 6.45) is 7.56. The van der Waals surface area contributed by atoms with Gasteiger partial charge in [0, 0.05) is 18.5 Å². The van der Waals surface area contributed by atoms with Crippen LogP contribution in [0.5, 0.6) is 5.75 Å². The molecule has 176 valence electrons. The van der Waals surface area contributed by atoms with Crippen molar-refractivity contribution in [3.05, 3.63) is 53.4 Å². The molecule has 7 nitrogen and oxygen atoms in total. The van der Waals surface area contributed by atoms with Crippen molar-refractivity contribution in [1.82, 2.24) is 5.32 Å². The molecular formula is C23H34F2N6O. The third-order valence-electron chi connectivity index (χ3n) is 4.34. The Balaban J connectivity index is 2.76. The average molecular weight is 449 g/mol. The molecule has 1 rings (SSSR count). The van der Waals surface area contributed by atoms with Gasteiger partial charge in [0.25, 0.3) is 0 Å². The van der Waals surface area contributed by atoms with Crippen LogP contribution in [0.25, 0.3) is 0 Å². The van der Waals surface area contributed by atoms with Crippen molar-refractivity contribution in [3.63, 3.8) is 0 Å². The Morgan fingerprint density at radius 1 is 1.22 bits per heavy atom. The van der Waals surface area contributed by atoms with Gasteiger partial charge < -0.3 is 21.6 Å². The van der Waals surface area contributed by atoms with Crippen LogP contribution < -0.4 is 21.6 Å². The summed E-state index contributed by atoms with van der Waals surface area (Å²) >= 11 is 0. The summed E-state index contributed by atoms with van der Waals surface area (Å²) < 4.78 is 32.5. The third-order valence-corrected chi connectivity index (χ3v) is 4.34. The lowest BCUT2D eigenvalue weighted by atomic mass is 10.0. The van der Waals surface area contributed by atoms with Crippen molar-refractivity contribution in [3.8, 4) is 5.75 Å². The van der Waals surface area contributed by atoms with E-state index in [2.05, 4.69) is 20.4 Å². The minimum absolute atomic E-state index is 0.00128. The first-order valence-corrected chi connectivity index (χ1v) is 10.5. The predicted molar refractivity (Wildman–Crippen MR) is 128 cm³/mol. The molecule has 0 spiro atoms. The summed E-state index contributed by atoms with van der Waals surface area (Å²) in [5.74, 6) is 4.75. The van der Waals surface area contributed by atoms with Crippen molar-refractivity contribution in [2.45, 2.75) is 47.1 Å². The Kier molecular flexibility index (Phi) is 11.7. The van der Waals surface area contributed by atoms with Crippen molar-refractivity contribution < 1.29 is 13.5 Å². The maximum atomic E-state index is 13.8. The molecule has 0 heterocycles. The second kappa shape index (κ2) is 14.0. The molecule has 0 radical (unpaired) electrons. The van der Waals surface area contributed by atoms with Crippen LogP contribution in [-0.4, -0.2) is 31.0 Å². The number of allylic oxidation sites excluding steroid dienone is 2. The van der Waals surface area contributed by atoms with E-state index in [9.17, 15) is 8.78 Å². The molecule has 1 aromatic rings. The molecule has 0 saturated carbocycles. The van der Waals surface area contributed by atoms with E-state index in [1.807, 2.05) is 39.8 Å². The summed E-state index contributed by atoms with van der Waals surface area (Å²) in [6.45, 7) is 9.99. The first-order valence-electron chi connectivity index (χ1n) is 10.5. The average Bonchev–Trinajstić information content (AvgIpc) is 2.74. The SMILES string of the molecule is CC/C=C(\N=C/C(C)/C(N)=N/N)NC/N=C\C(=C/C(C)Oc1ccc(F)cc1F)C(C)C. The van der Waals surface area contributed by atoms with Crippen LogP contribution in [0.4, 0.5) is 8.78 Å². The van der Waals surface area contributed by atoms with Gasteiger partial charge in [-0.2, -0.15) is 5.10 Å². The van der Waals surface area contributed by atoms with Crippen LogP contribution in [0.3, 0.4) is 0 Å². The number of hydrogen-bond donors (Lipinski definition) is 3. The minimum atomic E-state index is -0.737. The van der Waals surface area contributed by atoms with E-state index < -0.39 is 17.7 Å². The lowest BCUT2D eigenvalue weighted by molar-refractivity contribution is 0.255. The molecule has 9 heteroatoms. The summed E-state index contributed by atoms with van der Waals surface area (Å²) in [5, 5.41) is 6.61. The Bertz CT molecular complexity index is 877. The highest BCUT2D eigenvalue weighted by atomic mass is 19.1. The number of benzene rings is 1. The van der Waals surface area contributed by atoms with Gasteiger partial charge in [0.15, 0.2) is 11.6 Å². The molecule has 0 aromatic heterocycles. The van der Waals surface area contributed by atoms with E-state index in [4.69, 9.17) is 16.3 Å². The smallest absolute Gasteiger partial charge is 0.168 e. The van der Waals surface area contributed by atoms with Gasteiger partial charge in [0.05, 0.1) is 5.92 Å². The molecular weight excluding hydrogens is 414 g/mol. The van der Waals surface area contributed by atoms with Crippen molar-refractivity contribution >= 4 is 18.3 Å². The van der Waals surface area contributed by atoms with Gasteiger partial charge >= 0.3 is 0 Å². The van der Waals surface area contributed by atoms with Gasteiger partial charge in [0.1, 0.15) is 30.2 Å². The van der Waals surface area contributed by atoms with Crippen LogP contribution in [0.15, 0.2) is 56.8 Å². The number of amidine groups is 1. The number of ether oxygens (including phenoxy) is 1. The fourth-order valence-electron chi connectivity index (χ4n) is 2.49. The molecule has 0 aliphatic carbocycles. The van der Waals surface area contributed by atoms with E-state index >= 15 is 0 Å². The molecule has 5 N–H and O–H groups in total. The van der Waals surface area contributed by atoms with Crippen LogP contribution in [0.2, 0.25) is 0 Å². The van der Waals surface area contributed by atoms with Gasteiger partial charge in [-0.1, -0.05) is 27.7 Å². The number of halogens is 2. The van der Waals surface area contributed by atoms with Gasteiger partial charge in [-0.05, 0) is 49.1 Å². The van der Waals surface area contributed by atoms with Crippen molar-refractivity contribution in [1.29, 1.82) is 0 Å². The maximum absolute atomic E-state index is 13.8. The lowest BCUT2D eigenvalue weighted by Gasteiger charge is -2.14. The number of rotatable bonds is 12. The number of hydrogen-bond acceptors (Lipinski definition) is 6. The van der Waals surface area contributed by atoms with E-state index in [0.717, 1.165) is 24.1 Å². The normalized spacial score (nSPS) is 15.6. The fraction of sp³-hybridized carbons (Fsp3) is 0.435. The monoisotopic (exact) mass is 448 g/mol. The van der Waals surface area contributed by atoms with E-state index in [0.29, 0.717) is 18.3 Å². The molecule has 0 bridgehead atoms. The first-order chi connectivity index (χ1) is 15.2. The second-order valence-corrected chi connectivity index (χ2v) is 7.48. The predicted octanol–water partition coefficient (Wildman–Crippen LogP) is 4.12. The number of nitrogens with two attached hydrogens (primary N) is 2. The summed E-state index contributed by atoms with van der Waals surface area (Å²) in [7, 11) is 0. The van der Waals surface area contributed by atoms with Crippen LogP contribution in [-0.2, 0) is 0 Å². The van der Waals surface area contributed by atoms with E-state index in [-0.39, 0.29) is 17.6 Å². The minimum Gasteiger partial charge on any atom is -0.484 e. The maximum Gasteiger partial charge on any atom is 0.168 e. The second-order valence-electron chi connectivity index (χ2n) is 7.48. The molecule has 0 amide bonds. The van der Waals surface area contributed by atoms with Gasteiger partial charge in [-0.3, -0.25) is 4.99 Å². The molecule has 0 fully saturated rings. The highest BCUT2D eigenvalue weighted by molar-refractivity contribution is 5.95. The highest BCUT2D eigenvalue weighted by Crippen LogP contribution is 2.20. The standard InChI is InChI=1S/C23H34F2N6O/c1-6-7-22(29-12-16(4)23(26)31-27)30-14-28-13-18(15(2)3)10-17(5)32-21-9-8-19(24)11-20(21)25/h7-13,15-17,30H,6,14,27H2,1-5H3,(H2,26,31)/b18-10+,22-7+,28-13-,29-12-. The largest absolute Gasteiger partial charge is 0.484 e. The summed E-state index contributed by atoms with van der Waals surface area (Å²) in [4.78, 5) is 8.80. The molecule has 0 aliphatic heterocycles. The topological polar surface area (TPSA) is 110 Å². The van der Waals surface area contributed by atoms with Crippen molar-refractivity contribution in [2.24, 2.45) is 38.5 Å². The molecule has 0 aliphatic rings. The Hall–Kier alpha value is -3.23. The van der Waals surface area contributed by atoms with Gasteiger partial charge in [-0.25, -0.2) is 13.8 Å². The van der Waals surface area contributed by atoms with Crippen molar-refractivity contribution in [2.75, 3.05) is 6.67 Å². The summed E-state index contributed by atoms with van der Waals surface area (Å²) in [5.41, 5.74) is 6.60. The van der Waals surface area contributed by atoms with E-state index in [1.54, 1.807) is 19.4 Å². The molecule has 32 heavy (non-hydrogen) atoms. The number of aliphatic imine (C=N–C) groups is 2. The zero-order valence-corrected chi connectivity index (χ0v) is 19.3. The molecule has 1 aromatic carbocycles. The zero-order valence-electron chi connectivity index (χ0n) is 19.3. The Morgan fingerprint density at radius 2 is 1.94 bits per heavy atom. The van der Waals surface area contributed by atoms with Crippen LogP contribution in [0.1, 0.15) is 41.0 Å². The number of nitrogens with zero attached hydrogens (tertiary/aromatic N) is 3. The third kappa shape index (κ3) is 9.72. The quantitative estimate of drug-likeness (QED) is 0.193. The highest BCUT2D eigenvalue weighted by Gasteiger charge is 2.10. The lowest BCUT2D eigenvalue weighted by Crippen LogP contribution is -2.24. The first kappa shape index (κ1) is 26.8. The zero-order chi connectivity index (χ0) is 24.1. The van der Waals surface area contributed by atoms with E-state index in [1.165, 1.54) is 6.07 Å². The van der Waals surface area contributed by atoms with Gasteiger partial charge in [0.2, 0.25) is 0 Å². The fourth-order valence-corrected chi connectivity index (χ4v) is 2.49. The Morgan fingerprint density at radius 3 is 2.53 bits per heavy atom. The Labute approximate surface area is 189 Å². The summed E-state index contributed by atoms with van der Waals surface area (Å²) in [6, 6.07) is 3.23. The number of hydrazone groups is 1. The van der Waals surface area contributed by atoms with Gasteiger partial charge in [-0.15, -0.1) is 0 Å².